The van der Waals surface area contributed by atoms with Crippen LogP contribution in [0.4, 0.5) is 8.78 Å². The van der Waals surface area contributed by atoms with Crippen molar-refractivity contribution in [3.8, 4) is 0 Å². The van der Waals surface area contributed by atoms with Crippen LogP contribution in [0.1, 0.15) is 22.3 Å². The normalized spacial score (nSPS) is 10.6. The van der Waals surface area contributed by atoms with Crippen LogP contribution in [0.2, 0.25) is 0 Å². The zero-order valence-corrected chi connectivity index (χ0v) is 11.5. The number of hydrogen-bond donors (Lipinski definition) is 0. The molecule has 2 rings (SSSR count). The Labute approximate surface area is 117 Å². The molecule has 0 aliphatic carbocycles. The predicted molar refractivity (Wildman–Crippen MR) is 74.7 cm³/mol. The summed E-state index contributed by atoms with van der Waals surface area (Å²) in [5, 5.41) is 0. The molecule has 0 heterocycles. The third kappa shape index (κ3) is 3.73. The second-order valence-corrected chi connectivity index (χ2v) is 5.10. The fourth-order valence-electron chi connectivity index (χ4n) is 2.21. The predicted octanol–water partition coefficient (Wildman–Crippen LogP) is 3.94. The molecule has 3 heteroatoms. The molecule has 2 aromatic carbocycles. The topological polar surface area (TPSA) is 17.1 Å². The van der Waals surface area contributed by atoms with E-state index in [0.717, 1.165) is 22.8 Å². The van der Waals surface area contributed by atoms with E-state index in [2.05, 4.69) is 0 Å². The van der Waals surface area contributed by atoms with E-state index >= 15 is 0 Å². The lowest BCUT2D eigenvalue weighted by atomic mass is 9.98. The van der Waals surface area contributed by atoms with E-state index in [4.69, 9.17) is 0 Å². The molecule has 0 aliphatic rings. The fraction of sp³-hybridized carbons (Fsp3) is 0.235. The van der Waals surface area contributed by atoms with Crippen LogP contribution in [0.5, 0.6) is 0 Å². The third-order valence-electron chi connectivity index (χ3n) is 3.22. The largest absolute Gasteiger partial charge is 0.299 e. The van der Waals surface area contributed by atoms with Crippen molar-refractivity contribution in [2.75, 3.05) is 0 Å². The summed E-state index contributed by atoms with van der Waals surface area (Å²) in [6, 6.07) is 9.14. The number of carbonyl (C=O) groups excluding carboxylic acids is 1. The number of aryl methyl sites for hydroxylation is 2. The van der Waals surface area contributed by atoms with Gasteiger partial charge in [-0.2, -0.15) is 0 Å². The highest BCUT2D eigenvalue weighted by Gasteiger charge is 2.09. The molecule has 104 valence electrons. The van der Waals surface area contributed by atoms with Crippen LogP contribution >= 0.6 is 0 Å². The standard InChI is InChI=1S/C17H16F2O/c1-11-3-4-12(2)14(5-11)9-17(20)8-13-6-15(18)10-16(19)7-13/h3-7,10H,8-9H2,1-2H3. The summed E-state index contributed by atoms with van der Waals surface area (Å²) in [7, 11) is 0. The number of halogens is 2. The van der Waals surface area contributed by atoms with E-state index in [1.807, 2.05) is 32.0 Å². The molecule has 1 nitrogen and oxygen atoms in total. The van der Waals surface area contributed by atoms with Crippen molar-refractivity contribution < 1.29 is 13.6 Å². The van der Waals surface area contributed by atoms with Crippen molar-refractivity contribution in [3.63, 3.8) is 0 Å². The van der Waals surface area contributed by atoms with Crippen LogP contribution in [-0.4, -0.2) is 5.78 Å². The molecule has 0 atom stereocenters. The molecule has 0 unspecified atom stereocenters. The minimum absolute atomic E-state index is 0.0437. The lowest BCUT2D eigenvalue weighted by molar-refractivity contribution is -0.117. The molecule has 0 saturated carbocycles. The molecule has 0 saturated heterocycles. The van der Waals surface area contributed by atoms with Gasteiger partial charge in [0.1, 0.15) is 17.4 Å². The van der Waals surface area contributed by atoms with Crippen molar-refractivity contribution >= 4 is 5.78 Å². The molecular formula is C17H16F2O. The van der Waals surface area contributed by atoms with Gasteiger partial charge in [0, 0.05) is 18.9 Å². The summed E-state index contributed by atoms with van der Waals surface area (Å²) in [6.45, 7) is 3.92. The average molecular weight is 274 g/mol. The average Bonchev–Trinajstić information content (AvgIpc) is 2.32. The Morgan fingerprint density at radius 3 is 2.25 bits per heavy atom. The number of carbonyl (C=O) groups is 1. The molecule has 0 radical (unpaired) electrons. The SMILES string of the molecule is Cc1ccc(C)c(CC(=O)Cc2cc(F)cc(F)c2)c1. The maximum Gasteiger partial charge on any atom is 0.141 e. The molecule has 0 amide bonds. The van der Waals surface area contributed by atoms with E-state index in [9.17, 15) is 13.6 Å². The summed E-state index contributed by atoms with van der Waals surface area (Å²) in [5.41, 5.74) is 3.48. The Bertz CT molecular complexity index is 627. The van der Waals surface area contributed by atoms with Crippen molar-refractivity contribution in [3.05, 3.63) is 70.3 Å². The molecule has 0 bridgehead atoms. The highest BCUT2D eigenvalue weighted by Crippen LogP contribution is 2.14. The maximum absolute atomic E-state index is 13.1. The highest BCUT2D eigenvalue weighted by atomic mass is 19.1. The van der Waals surface area contributed by atoms with Crippen molar-refractivity contribution in [2.24, 2.45) is 0 Å². The van der Waals surface area contributed by atoms with Gasteiger partial charge in [-0.25, -0.2) is 8.78 Å². The maximum atomic E-state index is 13.1. The molecule has 0 spiro atoms. The summed E-state index contributed by atoms with van der Waals surface area (Å²) in [4.78, 5) is 12.0. The van der Waals surface area contributed by atoms with E-state index in [-0.39, 0.29) is 18.6 Å². The Morgan fingerprint density at radius 1 is 0.950 bits per heavy atom. The first-order chi connectivity index (χ1) is 9.44. The molecule has 0 aliphatic heterocycles. The first-order valence-corrected chi connectivity index (χ1v) is 6.47. The second-order valence-electron chi connectivity index (χ2n) is 5.10. The Balaban J connectivity index is 2.11. The van der Waals surface area contributed by atoms with Gasteiger partial charge in [0.25, 0.3) is 0 Å². The quantitative estimate of drug-likeness (QED) is 0.825. The molecule has 2 aromatic rings. The molecule has 0 N–H and O–H groups in total. The van der Waals surface area contributed by atoms with Gasteiger partial charge in [-0.1, -0.05) is 23.8 Å². The van der Waals surface area contributed by atoms with Crippen LogP contribution in [-0.2, 0) is 17.6 Å². The number of hydrogen-bond acceptors (Lipinski definition) is 1. The van der Waals surface area contributed by atoms with E-state index < -0.39 is 11.6 Å². The minimum Gasteiger partial charge on any atom is -0.299 e. The van der Waals surface area contributed by atoms with Crippen molar-refractivity contribution in [1.82, 2.24) is 0 Å². The van der Waals surface area contributed by atoms with E-state index in [1.165, 1.54) is 12.1 Å². The smallest absolute Gasteiger partial charge is 0.141 e. The number of rotatable bonds is 4. The highest BCUT2D eigenvalue weighted by molar-refractivity contribution is 5.83. The lowest BCUT2D eigenvalue weighted by Gasteiger charge is -2.07. The number of ketones is 1. The van der Waals surface area contributed by atoms with Gasteiger partial charge in [-0.15, -0.1) is 0 Å². The van der Waals surface area contributed by atoms with Gasteiger partial charge in [0.15, 0.2) is 0 Å². The van der Waals surface area contributed by atoms with Gasteiger partial charge in [-0.05, 0) is 42.7 Å². The monoisotopic (exact) mass is 274 g/mol. The lowest BCUT2D eigenvalue weighted by Crippen LogP contribution is -2.08. The Morgan fingerprint density at radius 2 is 1.60 bits per heavy atom. The van der Waals surface area contributed by atoms with E-state index in [0.29, 0.717) is 5.56 Å². The van der Waals surface area contributed by atoms with Gasteiger partial charge < -0.3 is 0 Å². The Kier molecular flexibility index (Phi) is 4.28. The van der Waals surface area contributed by atoms with Gasteiger partial charge in [0.05, 0.1) is 0 Å². The number of Topliss-reactive ketones (excluding diaryl/α,β-unsaturated/α-hetero) is 1. The summed E-state index contributed by atoms with van der Waals surface area (Å²) < 4.78 is 26.1. The number of benzene rings is 2. The molecule has 20 heavy (non-hydrogen) atoms. The fourth-order valence-corrected chi connectivity index (χ4v) is 2.21. The van der Waals surface area contributed by atoms with E-state index in [1.54, 1.807) is 0 Å². The summed E-state index contributed by atoms with van der Waals surface area (Å²) in [5.74, 6) is -1.36. The van der Waals surface area contributed by atoms with Gasteiger partial charge >= 0.3 is 0 Å². The second kappa shape index (κ2) is 5.95. The molecular weight excluding hydrogens is 258 g/mol. The zero-order chi connectivity index (χ0) is 14.7. The third-order valence-corrected chi connectivity index (χ3v) is 3.22. The first-order valence-electron chi connectivity index (χ1n) is 6.47. The first kappa shape index (κ1) is 14.4. The van der Waals surface area contributed by atoms with Gasteiger partial charge in [-0.3, -0.25) is 4.79 Å². The molecule has 0 aromatic heterocycles. The van der Waals surface area contributed by atoms with Crippen molar-refractivity contribution in [2.45, 2.75) is 26.7 Å². The summed E-state index contributed by atoms with van der Waals surface area (Å²) in [6.07, 6.45) is 0.327. The van der Waals surface area contributed by atoms with Crippen LogP contribution in [0.3, 0.4) is 0 Å². The summed E-state index contributed by atoms with van der Waals surface area (Å²) >= 11 is 0. The van der Waals surface area contributed by atoms with Crippen LogP contribution in [0.25, 0.3) is 0 Å². The van der Waals surface area contributed by atoms with Gasteiger partial charge in [0.2, 0.25) is 0 Å². The van der Waals surface area contributed by atoms with Crippen molar-refractivity contribution in [1.29, 1.82) is 0 Å². The van der Waals surface area contributed by atoms with Crippen LogP contribution < -0.4 is 0 Å². The Hall–Kier alpha value is -2.03. The zero-order valence-electron chi connectivity index (χ0n) is 11.5. The minimum atomic E-state index is -0.653. The van der Waals surface area contributed by atoms with Crippen LogP contribution in [0.15, 0.2) is 36.4 Å². The molecule has 0 fully saturated rings. The van der Waals surface area contributed by atoms with Crippen LogP contribution in [0, 0.1) is 25.5 Å².